The number of rotatable bonds is 5. The van der Waals surface area contributed by atoms with Crippen LogP contribution in [0.5, 0.6) is 0 Å². The zero-order chi connectivity index (χ0) is 20.1. The number of nitrogens with two attached hydrogens (primary N) is 1. The van der Waals surface area contributed by atoms with E-state index in [1.165, 1.54) is 0 Å². The van der Waals surface area contributed by atoms with Crippen molar-refractivity contribution in [3.05, 3.63) is 40.8 Å². The Morgan fingerprint density at radius 1 is 1.29 bits per heavy atom. The largest absolute Gasteiger partial charge is 0.369 e. The number of amides is 1. The quantitative estimate of drug-likeness (QED) is 0.449. The van der Waals surface area contributed by atoms with Gasteiger partial charge in [-0.3, -0.25) is 4.79 Å². The van der Waals surface area contributed by atoms with E-state index >= 15 is 0 Å². The Labute approximate surface area is 168 Å². The van der Waals surface area contributed by atoms with Gasteiger partial charge in [-0.05, 0) is 31.7 Å². The van der Waals surface area contributed by atoms with Crippen LogP contribution in [0.4, 0.5) is 17.2 Å². The van der Waals surface area contributed by atoms with Crippen molar-refractivity contribution < 1.29 is 4.79 Å². The molecule has 148 valence electrons. The number of hydrogen-bond acceptors (Lipinski definition) is 7. The minimum atomic E-state index is -0.681. The van der Waals surface area contributed by atoms with Crippen LogP contribution in [0.3, 0.4) is 0 Å². The second kappa shape index (κ2) is 8.94. The van der Waals surface area contributed by atoms with Crippen molar-refractivity contribution >= 4 is 34.7 Å². The molecule has 2 aromatic rings. The molecule has 3 N–H and O–H groups in total. The highest BCUT2D eigenvalue weighted by atomic mass is 35.5. The van der Waals surface area contributed by atoms with Gasteiger partial charge in [0.05, 0.1) is 5.69 Å². The fourth-order valence-corrected chi connectivity index (χ4v) is 3.25. The molecule has 0 aliphatic carbocycles. The standard InChI is InChI=1S/C18H23ClN8O/c1-3-14-16(19)23-17(15(22-14)18(28)24-25-20)21-12-5-4-6-13(11-12)27-9-7-26(2)8-10-27/h4-6,11H,3,7-10H2,1-2H3,(H,21,23)(H2,20,24,28). The van der Waals surface area contributed by atoms with Gasteiger partial charge < -0.3 is 21.0 Å². The molecule has 0 atom stereocenters. The molecule has 3 rings (SSSR count). The number of anilines is 3. The van der Waals surface area contributed by atoms with Gasteiger partial charge in [-0.25, -0.2) is 9.97 Å². The number of carbonyl (C=O) groups excluding carboxylic acids is 1. The van der Waals surface area contributed by atoms with Gasteiger partial charge in [0, 0.05) is 37.6 Å². The predicted octanol–water partition coefficient (Wildman–Crippen LogP) is 2.65. The summed E-state index contributed by atoms with van der Waals surface area (Å²) in [5.74, 6) is 4.55. The number of halogens is 1. The summed E-state index contributed by atoms with van der Waals surface area (Å²) in [5.41, 5.74) is 2.40. The average molecular weight is 403 g/mol. The maximum atomic E-state index is 12.2. The van der Waals surface area contributed by atoms with E-state index in [1.807, 2.05) is 25.1 Å². The molecule has 1 saturated heterocycles. The van der Waals surface area contributed by atoms with Crippen LogP contribution in [-0.4, -0.2) is 54.0 Å². The van der Waals surface area contributed by atoms with Gasteiger partial charge in [0.15, 0.2) is 16.7 Å². The number of hydrogen-bond donors (Lipinski definition) is 2. The molecule has 1 aliphatic rings. The van der Waals surface area contributed by atoms with Gasteiger partial charge in [0.2, 0.25) is 0 Å². The molecule has 1 aromatic heterocycles. The zero-order valence-corrected chi connectivity index (χ0v) is 16.6. The number of benzene rings is 1. The van der Waals surface area contributed by atoms with E-state index in [0.29, 0.717) is 12.1 Å². The summed E-state index contributed by atoms with van der Waals surface area (Å²) < 4.78 is 0. The van der Waals surface area contributed by atoms with Crippen molar-refractivity contribution in [2.75, 3.05) is 43.4 Å². The molecule has 0 radical (unpaired) electrons. The first-order valence-corrected chi connectivity index (χ1v) is 9.42. The van der Waals surface area contributed by atoms with Crippen molar-refractivity contribution in [3.8, 4) is 0 Å². The molecule has 1 amide bonds. The molecule has 10 heteroatoms. The van der Waals surface area contributed by atoms with Crippen LogP contribution in [-0.2, 0) is 6.42 Å². The third kappa shape index (κ3) is 4.55. The van der Waals surface area contributed by atoms with Gasteiger partial charge in [0.25, 0.3) is 0 Å². The third-order valence-electron chi connectivity index (χ3n) is 4.58. The van der Waals surface area contributed by atoms with Crippen LogP contribution in [0.1, 0.15) is 23.1 Å². The van der Waals surface area contributed by atoms with Crippen molar-refractivity contribution in [1.82, 2.24) is 14.9 Å². The van der Waals surface area contributed by atoms with E-state index in [9.17, 15) is 4.79 Å². The van der Waals surface area contributed by atoms with E-state index < -0.39 is 5.91 Å². The Morgan fingerprint density at radius 3 is 2.71 bits per heavy atom. The van der Waals surface area contributed by atoms with Crippen molar-refractivity contribution in [2.45, 2.75) is 13.3 Å². The second-order valence-electron chi connectivity index (χ2n) is 6.50. The lowest BCUT2D eigenvalue weighted by Gasteiger charge is -2.34. The smallest absolute Gasteiger partial charge is 0.319 e. The topological polar surface area (TPSA) is 112 Å². The lowest BCUT2D eigenvalue weighted by atomic mass is 10.2. The summed E-state index contributed by atoms with van der Waals surface area (Å²) in [7, 11) is 2.12. The molecule has 1 aromatic carbocycles. The molecule has 28 heavy (non-hydrogen) atoms. The first kappa shape index (κ1) is 20.0. The molecular formula is C18H23ClN8O. The van der Waals surface area contributed by atoms with Crippen LogP contribution in [0.2, 0.25) is 5.15 Å². The summed E-state index contributed by atoms with van der Waals surface area (Å²) in [6.45, 7) is 5.82. The fraction of sp³-hybridized carbons (Fsp3) is 0.389. The number of nitrogens with one attached hydrogen (secondary N) is 1. The Morgan fingerprint density at radius 2 is 2.04 bits per heavy atom. The second-order valence-corrected chi connectivity index (χ2v) is 6.86. The monoisotopic (exact) mass is 402 g/mol. The zero-order valence-electron chi connectivity index (χ0n) is 15.9. The summed E-state index contributed by atoms with van der Waals surface area (Å²) in [6.07, 6.45) is 0.533. The molecule has 2 heterocycles. The van der Waals surface area contributed by atoms with Gasteiger partial charge in [-0.1, -0.05) is 34.9 Å². The van der Waals surface area contributed by atoms with Gasteiger partial charge >= 0.3 is 5.91 Å². The SMILES string of the molecule is CCc1nc(C(=O)N=NN)c(Nc2cccc(N3CCN(C)CC3)c2)nc1Cl. The van der Waals surface area contributed by atoms with E-state index in [1.54, 1.807) is 0 Å². The van der Waals surface area contributed by atoms with Crippen LogP contribution < -0.4 is 16.1 Å². The maximum Gasteiger partial charge on any atom is 0.319 e. The highest BCUT2D eigenvalue weighted by molar-refractivity contribution is 6.30. The molecule has 0 spiro atoms. The minimum absolute atomic E-state index is 0.0282. The molecule has 0 saturated carbocycles. The molecular weight excluding hydrogens is 380 g/mol. The number of carbonyl (C=O) groups is 1. The highest BCUT2D eigenvalue weighted by Gasteiger charge is 2.19. The van der Waals surface area contributed by atoms with Crippen LogP contribution >= 0.6 is 11.6 Å². The third-order valence-corrected chi connectivity index (χ3v) is 4.89. The Bertz CT molecular complexity index is 880. The van der Waals surface area contributed by atoms with Gasteiger partial charge in [-0.15, -0.1) is 0 Å². The molecule has 1 aliphatic heterocycles. The maximum absolute atomic E-state index is 12.2. The summed E-state index contributed by atoms with van der Waals surface area (Å²) in [4.78, 5) is 25.5. The van der Waals surface area contributed by atoms with E-state index in [0.717, 1.165) is 37.6 Å². The number of piperazine rings is 1. The Balaban J connectivity index is 1.89. The van der Waals surface area contributed by atoms with Crippen molar-refractivity contribution in [3.63, 3.8) is 0 Å². The lowest BCUT2D eigenvalue weighted by molar-refractivity contribution is 0.0989. The Kier molecular flexibility index (Phi) is 6.37. The molecule has 0 bridgehead atoms. The molecule has 9 nitrogen and oxygen atoms in total. The normalized spacial score (nSPS) is 15.2. The van der Waals surface area contributed by atoms with E-state index in [-0.39, 0.29) is 16.7 Å². The van der Waals surface area contributed by atoms with E-state index in [4.69, 9.17) is 17.4 Å². The number of aryl methyl sites for hydroxylation is 1. The van der Waals surface area contributed by atoms with Crippen LogP contribution in [0, 0.1) is 0 Å². The highest BCUT2D eigenvalue weighted by Crippen LogP contribution is 2.26. The summed E-state index contributed by atoms with van der Waals surface area (Å²) in [5, 5.41) is 9.79. The predicted molar refractivity (Wildman–Crippen MR) is 109 cm³/mol. The van der Waals surface area contributed by atoms with Crippen LogP contribution in [0.25, 0.3) is 0 Å². The first-order chi connectivity index (χ1) is 13.5. The number of aromatic nitrogens is 2. The van der Waals surface area contributed by atoms with Crippen molar-refractivity contribution in [2.24, 2.45) is 16.2 Å². The molecule has 0 unspecified atom stereocenters. The average Bonchev–Trinajstić information content (AvgIpc) is 2.69. The summed E-state index contributed by atoms with van der Waals surface area (Å²) in [6, 6.07) is 7.91. The Hall–Kier alpha value is -2.78. The van der Waals surface area contributed by atoms with Crippen molar-refractivity contribution in [1.29, 1.82) is 0 Å². The fourth-order valence-electron chi connectivity index (χ4n) is 2.99. The van der Waals surface area contributed by atoms with E-state index in [2.05, 4.69) is 48.5 Å². The van der Waals surface area contributed by atoms with Gasteiger partial charge in [0.1, 0.15) is 0 Å². The first-order valence-electron chi connectivity index (χ1n) is 9.04. The summed E-state index contributed by atoms with van der Waals surface area (Å²) >= 11 is 6.20. The lowest BCUT2D eigenvalue weighted by Crippen LogP contribution is -2.44. The number of nitrogens with zero attached hydrogens (tertiary/aromatic N) is 6. The molecule has 1 fully saturated rings. The van der Waals surface area contributed by atoms with Gasteiger partial charge in [-0.2, -0.15) is 0 Å². The minimum Gasteiger partial charge on any atom is -0.369 e. The number of likely N-dealkylation sites (N-methyl/N-ethyl adjacent to an activating group) is 1. The van der Waals surface area contributed by atoms with Crippen LogP contribution in [0.15, 0.2) is 34.6 Å².